The van der Waals surface area contributed by atoms with Crippen molar-refractivity contribution in [3.05, 3.63) is 83.3 Å². The Balaban J connectivity index is 1.36. The third-order valence-corrected chi connectivity index (χ3v) is 8.57. The second kappa shape index (κ2) is 9.68. The van der Waals surface area contributed by atoms with Crippen molar-refractivity contribution >= 4 is 17.4 Å². The highest BCUT2D eigenvalue weighted by Crippen LogP contribution is 2.43. The Bertz CT molecular complexity index is 1520. The van der Waals surface area contributed by atoms with E-state index in [4.69, 9.17) is 9.84 Å². The smallest absolute Gasteiger partial charge is 0.219 e. The Morgan fingerprint density at radius 2 is 1.97 bits per heavy atom. The molecule has 2 aromatic heterocycles. The van der Waals surface area contributed by atoms with Crippen LogP contribution in [0.1, 0.15) is 47.7 Å². The van der Waals surface area contributed by atoms with Crippen LogP contribution in [0.5, 0.6) is 0 Å². The molecule has 1 amide bonds. The fourth-order valence-corrected chi connectivity index (χ4v) is 6.49. The van der Waals surface area contributed by atoms with Crippen LogP contribution in [0.15, 0.2) is 60.9 Å². The fraction of sp³-hybridized carbons (Fsp3) is 0.387. The lowest BCUT2D eigenvalue weighted by atomic mass is 9.86. The molecule has 4 aromatic rings. The van der Waals surface area contributed by atoms with Crippen molar-refractivity contribution in [1.29, 1.82) is 0 Å². The van der Waals surface area contributed by atoms with Crippen LogP contribution in [0.3, 0.4) is 0 Å². The van der Waals surface area contributed by atoms with Crippen LogP contribution in [0.25, 0.3) is 11.1 Å². The minimum atomic E-state index is 0.117. The van der Waals surface area contributed by atoms with E-state index in [0.29, 0.717) is 19.1 Å². The number of amides is 1. The number of aryl methyl sites for hydroxylation is 1. The standard InChI is InChI=1S/C31H34N6O2/c1-21(38)35-12-10-30-28(19-35)31(33-37(30)27-11-13-39-20-27)36-18-25(22-6-4-3-5-7-22)15-24-14-23(8-9-29(24)36)26-16-32-34(2)17-26/h3-9,14,16-17,25,27H,10-13,15,18-20H2,1-2H3/t25?,27-/m0/s1. The van der Waals surface area contributed by atoms with E-state index in [1.807, 2.05) is 22.8 Å². The molecule has 7 rings (SSSR count). The van der Waals surface area contributed by atoms with E-state index < -0.39 is 0 Å². The zero-order valence-electron chi connectivity index (χ0n) is 22.6. The quantitative estimate of drug-likeness (QED) is 0.391. The van der Waals surface area contributed by atoms with Gasteiger partial charge in [0.15, 0.2) is 5.82 Å². The first-order chi connectivity index (χ1) is 19.0. The lowest BCUT2D eigenvalue weighted by Gasteiger charge is -2.37. The van der Waals surface area contributed by atoms with Gasteiger partial charge in [-0.3, -0.25) is 14.2 Å². The molecule has 0 bridgehead atoms. The molecule has 0 aliphatic carbocycles. The fourth-order valence-electron chi connectivity index (χ4n) is 6.49. The summed E-state index contributed by atoms with van der Waals surface area (Å²) in [6, 6.07) is 17.8. The summed E-state index contributed by atoms with van der Waals surface area (Å²) in [6.07, 6.45) is 6.75. The minimum absolute atomic E-state index is 0.117. The lowest BCUT2D eigenvalue weighted by molar-refractivity contribution is -0.129. The van der Waals surface area contributed by atoms with Gasteiger partial charge in [-0.1, -0.05) is 36.4 Å². The largest absolute Gasteiger partial charge is 0.379 e. The molecule has 1 unspecified atom stereocenters. The van der Waals surface area contributed by atoms with Crippen LogP contribution in [0.2, 0.25) is 0 Å². The van der Waals surface area contributed by atoms with Crippen LogP contribution in [0.4, 0.5) is 11.5 Å². The predicted octanol–water partition coefficient (Wildman–Crippen LogP) is 4.63. The molecule has 2 atom stereocenters. The lowest BCUT2D eigenvalue weighted by Crippen LogP contribution is -2.36. The number of carbonyl (C=O) groups is 1. The Morgan fingerprint density at radius 1 is 1.10 bits per heavy atom. The summed E-state index contributed by atoms with van der Waals surface area (Å²) in [5.74, 6) is 1.43. The van der Waals surface area contributed by atoms with Gasteiger partial charge in [0.05, 0.1) is 25.4 Å². The van der Waals surface area contributed by atoms with Crippen LogP contribution < -0.4 is 4.90 Å². The third-order valence-electron chi connectivity index (χ3n) is 8.57. The number of fused-ring (bicyclic) bond motifs is 2. The zero-order valence-corrected chi connectivity index (χ0v) is 22.6. The van der Waals surface area contributed by atoms with Crippen LogP contribution in [-0.2, 0) is 36.0 Å². The van der Waals surface area contributed by atoms with E-state index in [9.17, 15) is 4.79 Å². The van der Waals surface area contributed by atoms with Crippen molar-refractivity contribution in [2.24, 2.45) is 7.05 Å². The number of carbonyl (C=O) groups excluding carboxylic acids is 1. The van der Waals surface area contributed by atoms with Gasteiger partial charge in [0.2, 0.25) is 5.91 Å². The molecule has 5 heterocycles. The molecule has 8 heteroatoms. The first-order valence-electron chi connectivity index (χ1n) is 13.9. The van der Waals surface area contributed by atoms with Crippen LogP contribution >= 0.6 is 0 Å². The van der Waals surface area contributed by atoms with Gasteiger partial charge in [-0.2, -0.15) is 10.2 Å². The summed E-state index contributed by atoms with van der Waals surface area (Å²) < 4.78 is 9.83. The van der Waals surface area contributed by atoms with Gasteiger partial charge in [-0.25, -0.2) is 0 Å². The van der Waals surface area contributed by atoms with E-state index in [2.05, 4.69) is 69.4 Å². The first kappa shape index (κ1) is 24.2. The molecule has 1 saturated heterocycles. The van der Waals surface area contributed by atoms with Gasteiger partial charge >= 0.3 is 0 Å². The summed E-state index contributed by atoms with van der Waals surface area (Å²) in [4.78, 5) is 16.8. The highest BCUT2D eigenvalue weighted by atomic mass is 16.5. The number of aromatic nitrogens is 4. The maximum atomic E-state index is 12.4. The Morgan fingerprint density at radius 3 is 2.72 bits per heavy atom. The summed E-state index contributed by atoms with van der Waals surface area (Å²) in [5, 5.41) is 9.70. The van der Waals surface area contributed by atoms with Gasteiger partial charge in [0, 0.05) is 74.7 Å². The van der Waals surface area contributed by atoms with E-state index in [-0.39, 0.29) is 11.9 Å². The molecular weight excluding hydrogens is 488 g/mol. The number of ether oxygens (including phenoxy) is 1. The zero-order chi connectivity index (χ0) is 26.5. The van der Waals surface area contributed by atoms with Crippen molar-refractivity contribution in [3.63, 3.8) is 0 Å². The molecule has 1 fully saturated rings. The van der Waals surface area contributed by atoms with Crippen LogP contribution in [-0.4, -0.2) is 56.7 Å². The molecule has 0 N–H and O–H groups in total. The number of rotatable bonds is 4. The van der Waals surface area contributed by atoms with Gasteiger partial charge in [-0.15, -0.1) is 0 Å². The Hall–Kier alpha value is -3.91. The minimum Gasteiger partial charge on any atom is -0.379 e. The maximum Gasteiger partial charge on any atom is 0.219 e. The first-order valence-corrected chi connectivity index (χ1v) is 13.9. The van der Waals surface area contributed by atoms with Crippen molar-refractivity contribution < 1.29 is 9.53 Å². The number of hydrogen-bond donors (Lipinski definition) is 0. The third kappa shape index (κ3) is 4.33. The molecule has 0 radical (unpaired) electrons. The second-order valence-corrected chi connectivity index (χ2v) is 11.1. The molecule has 0 spiro atoms. The van der Waals surface area contributed by atoms with Gasteiger partial charge < -0.3 is 14.5 Å². The normalized spacial score (nSPS) is 20.7. The molecule has 8 nitrogen and oxygen atoms in total. The van der Waals surface area contributed by atoms with E-state index >= 15 is 0 Å². The maximum absolute atomic E-state index is 12.4. The highest BCUT2D eigenvalue weighted by molar-refractivity contribution is 5.76. The van der Waals surface area contributed by atoms with Gasteiger partial charge in [0.25, 0.3) is 0 Å². The van der Waals surface area contributed by atoms with Crippen molar-refractivity contribution in [3.8, 4) is 11.1 Å². The summed E-state index contributed by atoms with van der Waals surface area (Å²) in [5.41, 5.74) is 8.58. The Labute approximate surface area is 228 Å². The van der Waals surface area contributed by atoms with Crippen molar-refractivity contribution in [2.45, 2.75) is 44.7 Å². The SMILES string of the molecule is CC(=O)N1CCc2c(c(N3CC(c4ccccc4)Cc4cc(-c5cnn(C)c5)ccc43)nn2[C@H]2CCOC2)C1. The highest BCUT2D eigenvalue weighted by Gasteiger charge is 2.35. The molecule has 200 valence electrons. The molecule has 3 aliphatic heterocycles. The topological polar surface area (TPSA) is 68.4 Å². The second-order valence-electron chi connectivity index (χ2n) is 11.1. The number of anilines is 2. The van der Waals surface area contributed by atoms with Crippen molar-refractivity contribution in [1.82, 2.24) is 24.5 Å². The van der Waals surface area contributed by atoms with Crippen LogP contribution in [0, 0.1) is 0 Å². The van der Waals surface area contributed by atoms with E-state index in [1.165, 1.54) is 33.6 Å². The van der Waals surface area contributed by atoms with Gasteiger partial charge in [-0.05, 0) is 41.7 Å². The summed E-state index contributed by atoms with van der Waals surface area (Å²) in [6.45, 7) is 5.31. The monoisotopic (exact) mass is 522 g/mol. The van der Waals surface area contributed by atoms with E-state index in [1.54, 1.807) is 6.92 Å². The molecular formula is C31H34N6O2. The number of benzene rings is 2. The summed E-state index contributed by atoms with van der Waals surface area (Å²) in [7, 11) is 1.95. The number of hydrogen-bond acceptors (Lipinski definition) is 5. The average Bonchev–Trinajstić information content (AvgIpc) is 3.72. The Kier molecular flexibility index (Phi) is 6.00. The van der Waals surface area contributed by atoms with Gasteiger partial charge in [0.1, 0.15) is 0 Å². The molecule has 2 aromatic carbocycles. The molecule has 0 saturated carbocycles. The average molecular weight is 523 g/mol. The predicted molar refractivity (Wildman–Crippen MR) is 150 cm³/mol. The van der Waals surface area contributed by atoms with Crippen molar-refractivity contribution in [2.75, 3.05) is 31.2 Å². The summed E-state index contributed by atoms with van der Waals surface area (Å²) >= 11 is 0. The van der Waals surface area contributed by atoms with E-state index in [0.717, 1.165) is 50.3 Å². The number of nitrogens with zero attached hydrogens (tertiary/aromatic N) is 6. The molecule has 39 heavy (non-hydrogen) atoms. The molecule has 3 aliphatic rings.